The lowest BCUT2D eigenvalue weighted by Gasteiger charge is -2.27. The fourth-order valence-electron chi connectivity index (χ4n) is 3.67. The van der Waals surface area contributed by atoms with Crippen LogP contribution in [0.1, 0.15) is 26.0 Å². The minimum Gasteiger partial charge on any atom is -0.369 e. The summed E-state index contributed by atoms with van der Waals surface area (Å²) in [6, 6.07) is 8.04. The number of amides is 1. The number of nitrogens with zero attached hydrogens (tertiary/aromatic N) is 5. The van der Waals surface area contributed by atoms with Crippen molar-refractivity contribution < 1.29 is 9.72 Å². The number of benzene rings is 1. The highest BCUT2D eigenvalue weighted by Gasteiger charge is 2.24. The highest BCUT2D eigenvalue weighted by molar-refractivity contribution is 5.83. The Labute approximate surface area is 173 Å². The maximum absolute atomic E-state index is 12.3. The first kappa shape index (κ1) is 19.6. The molecule has 0 fully saturated rings. The Bertz CT molecular complexity index is 1160. The maximum Gasteiger partial charge on any atom is 0.269 e. The van der Waals surface area contributed by atoms with Crippen LogP contribution >= 0.6 is 0 Å². The van der Waals surface area contributed by atoms with Gasteiger partial charge in [-0.1, -0.05) is 19.9 Å². The van der Waals surface area contributed by atoms with E-state index in [1.165, 1.54) is 12.1 Å². The zero-order valence-electron chi connectivity index (χ0n) is 16.8. The van der Waals surface area contributed by atoms with E-state index in [0.29, 0.717) is 30.9 Å². The van der Waals surface area contributed by atoms with Crippen molar-refractivity contribution in [3.05, 3.63) is 58.4 Å². The summed E-state index contributed by atoms with van der Waals surface area (Å²) in [7, 11) is 0. The van der Waals surface area contributed by atoms with Crippen LogP contribution in [0.25, 0.3) is 22.5 Å². The zero-order chi connectivity index (χ0) is 21.4. The lowest BCUT2D eigenvalue weighted by molar-refractivity contribution is -0.384. The van der Waals surface area contributed by atoms with E-state index in [9.17, 15) is 14.9 Å². The molecule has 1 aliphatic heterocycles. The van der Waals surface area contributed by atoms with Crippen LogP contribution in [0, 0.1) is 16.0 Å². The second-order valence-electron chi connectivity index (χ2n) is 7.53. The van der Waals surface area contributed by atoms with Gasteiger partial charge < -0.3 is 10.6 Å². The number of imidazole rings is 1. The van der Waals surface area contributed by atoms with Crippen LogP contribution < -0.4 is 5.73 Å². The number of fused-ring (bicyclic) bond motifs is 1. The van der Waals surface area contributed by atoms with Crippen LogP contribution in [0.3, 0.4) is 0 Å². The molecule has 9 heteroatoms. The van der Waals surface area contributed by atoms with Crippen molar-refractivity contribution in [3.8, 4) is 11.4 Å². The molecule has 4 rings (SSSR count). The molecule has 0 spiro atoms. The first-order chi connectivity index (χ1) is 14.4. The number of rotatable bonds is 4. The largest absolute Gasteiger partial charge is 0.369 e. The molecule has 0 saturated heterocycles. The number of aromatic nitrogens is 3. The van der Waals surface area contributed by atoms with Crippen LogP contribution in [-0.2, 0) is 4.79 Å². The Hall–Kier alpha value is -3.75. The van der Waals surface area contributed by atoms with Crippen molar-refractivity contribution in [1.82, 2.24) is 19.3 Å². The Morgan fingerprint density at radius 1 is 1.23 bits per heavy atom. The Morgan fingerprint density at radius 3 is 2.57 bits per heavy atom. The molecule has 1 aromatic carbocycles. The SMILES string of the molecule is CC(C)C(=O)N1CC=C(c2nc(-c3ccc([N+](=O)[O-])cc3)n3c(N)nccc23)CC1. The quantitative estimate of drug-likeness (QED) is 0.525. The monoisotopic (exact) mass is 406 g/mol. The number of anilines is 1. The van der Waals surface area contributed by atoms with Gasteiger partial charge in [0.2, 0.25) is 11.9 Å². The average Bonchev–Trinajstić information content (AvgIpc) is 3.14. The first-order valence-electron chi connectivity index (χ1n) is 9.72. The number of non-ortho nitro benzene ring substituents is 1. The predicted molar refractivity (Wildman–Crippen MR) is 114 cm³/mol. The fourth-order valence-corrected chi connectivity index (χ4v) is 3.67. The lowest BCUT2D eigenvalue weighted by Crippen LogP contribution is -2.37. The van der Waals surface area contributed by atoms with E-state index in [1.54, 1.807) is 22.7 Å². The van der Waals surface area contributed by atoms with Gasteiger partial charge >= 0.3 is 0 Å². The number of nitro groups is 1. The number of nitrogens with two attached hydrogens (primary N) is 1. The van der Waals surface area contributed by atoms with Crippen molar-refractivity contribution in [2.45, 2.75) is 20.3 Å². The van der Waals surface area contributed by atoms with Crippen molar-refractivity contribution >= 4 is 28.6 Å². The summed E-state index contributed by atoms with van der Waals surface area (Å²) >= 11 is 0. The fraction of sp³-hybridized carbons (Fsp3) is 0.286. The van der Waals surface area contributed by atoms with Crippen LogP contribution in [-0.4, -0.2) is 43.2 Å². The van der Waals surface area contributed by atoms with Crippen molar-refractivity contribution in [2.24, 2.45) is 5.92 Å². The molecule has 0 atom stereocenters. The Balaban J connectivity index is 1.77. The molecular formula is C21H22N6O3. The molecule has 1 aliphatic rings. The van der Waals surface area contributed by atoms with Crippen LogP contribution in [0.4, 0.5) is 11.6 Å². The van der Waals surface area contributed by atoms with Crippen LogP contribution in [0.5, 0.6) is 0 Å². The molecule has 2 aromatic heterocycles. The third-order valence-corrected chi connectivity index (χ3v) is 5.24. The van der Waals surface area contributed by atoms with Gasteiger partial charge in [0.25, 0.3) is 5.69 Å². The Kier molecular flexibility index (Phi) is 4.94. The van der Waals surface area contributed by atoms with Crippen molar-refractivity contribution in [1.29, 1.82) is 0 Å². The minimum absolute atomic E-state index is 0.0100. The van der Waals surface area contributed by atoms with Gasteiger partial charge in [-0.15, -0.1) is 0 Å². The molecule has 9 nitrogen and oxygen atoms in total. The molecule has 30 heavy (non-hydrogen) atoms. The highest BCUT2D eigenvalue weighted by Crippen LogP contribution is 2.32. The van der Waals surface area contributed by atoms with Gasteiger partial charge in [-0.05, 0) is 30.2 Å². The van der Waals surface area contributed by atoms with E-state index >= 15 is 0 Å². The minimum atomic E-state index is -0.439. The normalized spacial score (nSPS) is 14.2. The number of nitro benzene ring substituents is 1. The van der Waals surface area contributed by atoms with E-state index in [4.69, 9.17) is 10.7 Å². The molecule has 0 radical (unpaired) electrons. The number of carbonyl (C=O) groups is 1. The highest BCUT2D eigenvalue weighted by atomic mass is 16.6. The van der Waals surface area contributed by atoms with Crippen LogP contribution in [0.2, 0.25) is 0 Å². The lowest BCUT2D eigenvalue weighted by atomic mass is 10.0. The van der Waals surface area contributed by atoms with Gasteiger partial charge in [0.05, 0.1) is 16.1 Å². The van der Waals surface area contributed by atoms with E-state index in [1.807, 2.05) is 30.9 Å². The van der Waals surface area contributed by atoms with Gasteiger partial charge in [0.1, 0.15) is 5.82 Å². The van der Waals surface area contributed by atoms with Gasteiger partial charge in [0, 0.05) is 42.9 Å². The van der Waals surface area contributed by atoms with Gasteiger partial charge in [-0.25, -0.2) is 9.97 Å². The molecular weight excluding hydrogens is 384 g/mol. The van der Waals surface area contributed by atoms with Gasteiger partial charge in [-0.3, -0.25) is 19.3 Å². The molecule has 0 unspecified atom stereocenters. The van der Waals surface area contributed by atoms with E-state index in [2.05, 4.69) is 4.98 Å². The molecule has 2 N–H and O–H groups in total. The molecule has 0 saturated carbocycles. The summed E-state index contributed by atoms with van der Waals surface area (Å²) in [6.07, 6.45) is 4.35. The summed E-state index contributed by atoms with van der Waals surface area (Å²) in [5.74, 6) is 0.961. The smallest absolute Gasteiger partial charge is 0.269 e. The van der Waals surface area contributed by atoms with E-state index in [0.717, 1.165) is 16.8 Å². The number of hydrogen-bond donors (Lipinski definition) is 1. The average molecular weight is 406 g/mol. The van der Waals surface area contributed by atoms with E-state index in [-0.39, 0.29) is 23.5 Å². The number of hydrogen-bond acceptors (Lipinski definition) is 6. The third-order valence-electron chi connectivity index (χ3n) is 5.24. The number of carbonyl (C=O) groups excluding carboxylic acids is 1. The van der Waals surface area contributed by atoms with Crippen molar-refractivity contribution in [3.63, 3.8) is 0 Å². The summed E-state index contributed by atoms with van der Waals surface area (Å²) in [4.78, 5) is 33.6. The molecule has 3 heterocycles. The second-order valence-corrected chi connectivity index (χ2v) is 7.53. The summed E-state index contributed by atoms with van der Waals surface area (Å²) in [6.45, 7) is 4.97. The third kappa shape index (κ3) is 3.38. The van der Waals surface area contributed by atoms with Crippen LogP contribution in [0.15, 0.2) is 42.6 Å². The zero-order valence-corrected chi connectivity index (χ0v) is 16.8. The maximum atomic E-state index is 12.3. The number of nitrogen functional groups attached to an aromatic ring is 1. The van der Waals surface area contributed by atoms with Crippen molar-refractivity contribution in [2.75, 3.05) is 18.8 Å². The molecule has 0 aliphatic carbocycles. The van der Waals surface area contributed by atoms with Gasteiger partial charge in [0.15, 0.2) is 0 Å². The molecule has 0 bridgehead atoms. The summed E-state index contributed by atoms with van der Waals surface area (Å²) in [5, 5.41) is 11.0. The topological polar surface area (TPSA) is 120 Å². The standard InChI is InChI=1S/C21H22N6O3/c1-13(2)20(28)25-11-8-14(9-12-25)18-17-7-10-23-21(22)26(17)19(24-18)15-3-5-16(6-4-15)27(29)30/h3-8,10,13H,9,11-12H2,1-2H3,(H2,22,23). The summed E-state index contributed by atoms with van der Waals surface area (Å²) in [5.41, 5.74) is 9.49. The predicted octanol–water partition coefficient (Wildman–Crippen LogP) is 3.16. The molecule has 3 aromatic rings. The second kappa shape index (κ2) is 7.58. The Morgan fingerprint density at radius 2 is 1.97 bits per heavy atom. The van der Waals surface area contributed by atoms with E-state index < -0.39 is 4.92 Å². The first-order valence-corrected chi connectivity index (χ1v) is 9.72. The van der Waals surface area contributed by atoms with Gasteiger partial charge in [-0.2, -0.15) is 0 Å². The molecule has 1 amide bonds. The molecule has 154 valence electrons. The summed E-state index contributed by atoms with van der Waals surface area (Å²) < 4.78 is 1.75.